The Bertz CT molecular complexity index is 601. The summed E-state index contributed by atoms with van der Waals surface area (Å²) in [5.41, 5.74) is 2.05. The zero-order chi connectivity index (χ0) is 13.7. The maximum absolute atomic E-state index is 13.1. The monoisotopic (exact) mass is 258 g/mol. The van der Waals surface area contributed by atoms with E-state index in [1.165, 1.54) is 12.1 Å². The molecule has 0 saturated carbocycles. The molecule has 2 rings (SSSR count). The van der Waals surface area contributed by atoms with Gasteiger partial charge >= 0.3 is 0 Å². The normalized spacial score (nSPS) is 10.8. The number of benzene rings is 1. The lowest BCUT2D eigenvalue weighted by Gasteiger charge is -1.99. The van der Waals surface area contributed by atoms with E-state index in [0.717, 1.165) is 11.1 Å². The Balaban J connectivity index is 2.11. The fraction of sp³-hybridized carbons (Fsp3) is 0.143. The minimum Gasteiger partial charge on any atom is -0.394 e. The van der Waals surface area contributed by atoms with Crippen LogP contribution in [-0.2, 0) is 6.54 Å². The third kappa shape index (κ3) is 3.51. The maximum atomic E-state index is 13.1. The van der Waals surface area contributed by atoms with E-state index in [0.29, 0.717) is 12.3 Å². The second-order valence-corrected chi connectivity index (χ2v) is 4.08. The van der Waals surface area contributed by atoms with Crippen molar-refractivity contribution in [3.8, 4) is 11.1 Å². The first-order valence-corrected chi connectivity index (χ1v) is 5.88. The SMILES string of the molecule is CN/C=C\C(=N)Cn1cc(-c2cccc(F)c2)cn1. The van der Waals surface area contributed by atoms with E-state index in [1.54, 1.807) is 42.5 Å². The molecule has 19 heavy (non-hydrogen) atoms. The van der Waals surface area contributed by atoms with Crippen molar-refractivity contribution in [1.29, 1.82) is 5.41 Å². The van der Waals surface area contributed by atoms with E-state index in [-0.39, 0.29) is 5.82 Å². The average molecular weight is 258 g/mol. The Morgan fingerprint density at radius 1 is 1.47 bits per heavy atom. The molecule has 0 amide bonds. The Morgan fingerprint density at radius 3 is 3.05 bits per heavy atom. The van der Waals surface area contributed by atoms with Crippen molar-refractivity contribution in [2.24, 2.45) is 0 Å². The van der Waals surface area contributed by atoms with Crippen LogP contribution in [0.4, 0.5) is 4.39 Å². The van der Waals surface area contributed by atoms with Crippen LogP contribution in [0.15, 0.2) is 48.9 Å². The molecule has 0 saturated heterocycles. The Hall–Kier alpha value is -2.43. The molecule has 0 aliphatic carbocycles. The van der Waals surface area contributed by atoms with Crippen LogP contribution < -0.4 is 5.32 Å². The first-order chi connectivity index (χ1) is 9.19. The van der Waals surface area contributed by atoms with Gasteiger partial charge in [0.15, 0.2) is 0 Å². The van der Waals surface area contributed by atoms with Crippen molar-refractivity contribution >= 4 is 5.71 Å². The summed E-state index contributed by atoms with van der Waals surface area (Å²) in [5.74, 6) is -0.269. The van der Waals surface area contributed by atoms with E-state index in [9.17, 15) is 4.39 Å². The summed E-state index contributed by atoms with van der Waals surface area (Å²) < 4.78 is 14.8. The van der Waals surface area contributed by atoms with E-state index in [2.05, 4.69) is 10.4 Å². The summed E-state index contributed by atoms with van der Waals surface area (Å²) in [5, 5.41) is 14.7. The molecule has 2 aromatic rings. The van der Waals surface area contributed by atoms with Crippen molar-refractivity contribution in [2.45, 2.75) is 6.54 Å². The molecule has 0 spiro atoms. The highest BCUT2D eigenvalue weighted by molar-refractivity contribution is 5.91. The molecule has 98 valence electrons. The van der Waals surface area contributed by atoms with E-state index < -0.39 is 0 Å². The number of nitrogens with one attached hydrogen (secondary N) is 2. The fourth-order valence-corrected chi connectivity index (χ4v) is 1.68. The quantitative estimate of drug-likeness (QED) is 0.809. The first-order valence-electron chi connectivity index (χ1n) is 5.88. The Morgan fingerprint density at radius 2 is 2.32 bits per heavy atom. The molecule has 5 heteroatoms. The highest BCUT2D eigenvalue weighted by Crippen LogP contribution is 2.19. The fourth-order valence-electron chi connectivity index (χ4n) is 1.68. The Kier molecular flexibility index (Phi) is 4.07. The predicted octanol–water partition coefficient (Wildman–Crippen LogP) is 2.44. The van der Waals surface area contributed by atoms with Crippen molar-refractivity contribution in [3.05, 3.63) is 54.8 Å². The summed E-state index contributed by atoms with van der Waals surface area (Å²) in [6.07, 6.45) is 6.84. The zero-order valence-corrected chi connectivity index (χ0v) is 10.6. The third-order valence-electron chi connectivity index (χ3n) is 2.57. The minimum atomic E-state index is -0.269. The lowest BCUT2D eigenvalue weighted by Crippen LogP contribution is -2.08. The van der Waals surface area contributed by atoms with Gasteiger partial charge in [0, 0.05) is 18.8 Å². The first kappa shape index (κ1) is 13.0. The highest BCUT2D eigenvalue weighted by Gasteiger charge is 2.03. The van der Waals surface area contributed by atoms with E-state index in [1.807, 2.05) is 6.07 Å². The molecule has 0 unspecified atom stereocenters. The van der Waals surface area contributed by atoms with E-state index >= 15 is 0 Å². The van der Waals surface area contributed by atoms with Gasteiger partial charge in [0.1, 0.15) is 5.82 Å². The second-order valence-electron chi connectivity index (χ2n) is 4.08. The molecule has 0 aliphatic heterocycles. The largest absolute Gasteiger partial charge is 0.394 e. The number of allylic oxidation sites excluding steroid dienone is 1. The van der Waals surface area contributed by atoms with Gasteiger partial charge < -0.3 is 10.7 Å². The smallest absolute Gasteiger partial charge is 0.123 e. The van der Waals surface area contributed by atoms with Gasteiger partial charge in [-0.3, -0.25) is 4.68 Å². The van der Waals surface area contributed by atoms with Crippen molar-refractivity contribution in [1.82, 2.24) is 15.1 Å². The summed E-state index contributed by atoms with van der Waals surface area (Å²) in [4.78, 5) is 0. The lowest BCUT2D eigenvalue weighted by atomic mass is 10.1. The molecular weight excluding hydrogens is 243 g/mol. The Labute approximate surface area is 111 Å². The third-order valence-corrected chi connectivity index (χ3v) is 2.57. The molecule has 1 aromatic carbocycles. The molecule has 1 heterocycles. The van der Waals surface area contributed by atoms with Crippen LogP contribution in [-0.4, -0.2) is 22.5 Å². The van der Waals surface area contributed by atoms with Gasteiger partial charge in [0.2, 0.25) is 0 Å². The van der Waals surface area contributed by atoms with Crippen LogP contribution >= 0.6 is 0 Å². The van der Waals surface area contributed by atoms with Gasteiger partial charge in [-0.2, -0.15) is 5.10 Å². The highest BCUT2D eigenvalue weighted by atomic mass is 19.1. The molecule has 0 bridgehead atoms. The second kappa shape index (κ2) is 5.95. The maximum Gasteiger partial charge on any atom is 0.123 e. The predicted molar refractivity (Wildman–Crippen MR) is 73.5 cm³/mol. The van der Waals surface area contributed by atoms with Gasteiger partial charge in [0.25, 0.3) is 0 Å². The van der Waals surface area contributed by atoms with Crippen LogP contribution in [0.3, 0.4) is 0 Å². The van der Waals surface area contributed by atoms with Crippen molar-refractivity contribution < 1.29 is 4.39 Å². The number of aromatic nitrogens is 2. The average Bonchev–Trinajstić information content (AvgIpc) is 2.85. The number of hydrogen-bond acceptors (Lipinski definition) is 3. The van der Waals surface area contributed by atoms with Crippen molar-refractivity contribution in [2.75, 3.05) is 7.05 Å². The van der Waals surface area contributed by atoms with Crippen molar-refractivity contribution in [3.63, 3.8) is 0 Å². The van der Waals surface area contributed by atoms with Crippen LogP contribution in [0.25, 0.3) is 11.1 Å². The van der Waals surface area contributed by atoms with Crippen LogP contribution in [0.1, 0.15) is 0 Å². The van der Waals surface area contributed by atoms with Gasteiger partial charge in [0.05, 0.1) is 18.5 Å². The van der Waals surface area contributed by atoms with Gasteiger partial charge in [-0.15, -0.1) is 0 Å². The summed E-state index contributed by atoms with van der Waals surface area (Å²) >= 11 is 0. The molecule has 2 N–H and O–H groups in total. The minimum absolute atomic E-state index is 0.269. The number of nitrogens with zero attached hydrogens (tertiary/aromatic N) is 2. The molecular formula is C14H15FN4. The molecule has 0 fully saturated rings. The molecule has 0 radical (unpaired) electrons. The summed E-state index contributed by atoms with van der Waals surface area (Å²) in [6, 6.07) is 6.37. The summed E-state index contributed by atoms with van der Waals surface area (Å²) in [7, 11) is 1.78. The molecule has 1 aromatic heterocycles. The van der Waals surface area contributed by atoms with Crippen LogP contribution in [0.5, 0.6) is 0 Å². The van der Waals surface area contributed by atoms with Gasteiger partial charge in [-0.1, -0.05) is 12.1 Å². The van der Waals surface area contributed by atoms with Crippen LogP contribution in [0.2, 0.25) is 0 Å². The van der Waals surface area contributed by atoms with Gasteiger partial charge in [-0.05, 0) is 30.0 Å². The number of rotatable bonds is 5. The van der Waals surface area contributed by atoms with Crippen LogP contribution in [0, 0.1) is 11.2 Å². The molecule has 0 aliphatic rings. The lowest BCUT2D eigenvalue weighted by molar-refractivity contribution is 0.628. The topological polar surface area (TPSA) is 53.7 Å². The number of halogens is 1. The van der Waals surface area contributed by atoms with E-state index in [4.69, 9.17) is 5.41 Å². The number of hydrogen-bond donors (Lipinski definition) is 2. The van der Waals surface area contributed by atoms with Gasteiger partial charge in [-0.25, -0.2) is 4.39 Å². The molecule has 0 atom stereocenters. The molecule has 4 nitrogen and oxygen atoms in total. The standard InChI is InChI=1S/C14H15FN4/c1-17-6-5-14(16)10-19-9-12(8-18-19)11-3-2-4-13(15)7-11/h2-9,16-17H,10H2,1H3/b6-5-,16-14?. The zero-order valence-electron chi connectivity index (χ0n) is 10.6. The summed E-state index contributed by atoms with van der Waals surface area (Å²) in [6.45, 7) is 0.382.